The van der Waals surface area contributed by atoms with Crippen molar-refractivity contribution in [2.45, 2.75) is 33.2 Å². The predicted octanol–water partition coefficient (Wildman–Crippen LogP) is 4.24. The van der Waals surface area contributed by atoms with Crippen molar-refractivity contribution in [2.24, 2.45) is 7.05 Å². The summed E-state index contributed by atoms with van der Waals surface area (Å²) in [7, 11) is 1.86. The number of aryl methyl sites for hydroxylation is 3. The quantitative estimate of drug-likeness (QED) is 0.891. The Balaban J connectivity index is 2.38. The molecule has 1 aromatic heterocycles. The molecule has 1 unspecified atom stereocenters. The number of rotatable bonds is 5. The molecule has 0 saturated heterocycles. The Morgan fingerprint density at radius 1 is 1.29 bits per heavy atom. The Morgan fingerprint density at radius 2 is 2.00 bits per heavy atom. The van der Waals surface area contributed by atoms with E-state index in [1.807, 2.05) is 33.0 Å². The highest BCUT2D eigenvalue weighted by atomic mass is 35.5. The van der Waals surface area contributed by atoms with E-state index in [2.05, 4.69) is 23.4 Å². The first-order chi connectivity index (χ1) is 9.95. The highest BCUT2D eigenvalue weighted by molar-refractivity contribution is 6.32. The van der Waals surface area contributed by atoms with Gasteiger partial charge in [0.2, 0.25) is 0 Å². The third-order valence-corrected chi connectivity index (χ3v) is 4.71. The standard InChI is InChI=1S/C16H21Cl2N3/c1-5-19-14(12-8-6-7-10(2)15(12)17)9-13-11(3)20-21(4)16(13)18/h6-8,14,19H,5,9H2,1-4H3. The lowest BCUT2D eigenvalue weighted by Gasteiger charge is -2.20. The van der Waals surface area contributed by atoms with Gasteiger partial charge in [0.25, 0.3) is 0 Å². The third-order valence-electron chi connectivity index (χ3n) is 3.73. The second-order valence-electron chi connectivity index (χ2n) is 5.27. The van der Waals surface area contributed by atoms with E-state index >= 15 is 0 Å². The largest absolute Gasteiger partial charge is 0.310 e. The molecule has 0 aliphatic carbocycles. The molecule has 114 valence electrons. The molecule has 0 fully saturated rings. The number of likely N-dealkylation sites (N-methyl/N-ethyl adjacent to an activating group) is 1. The molecule has 21 heavy (non-hydrogen) atoms. The van der Waals surface area contributed by atoms with Crippen molar-refractivity contribution in [1.29, 1.82) is 0 Å². The average Bonchev–Trinajstić information content (AvgIpc) is 2.68. The van der Waals surface area contributed by atoms with Gasteiger partial charge in [0, 0.05) is 23.7 Å². The summed E-state index contributed by atoms with van der Waals surface area (Å²) < 4.78 is 1.72. The minimum atomic E-state index is 0.128. The molecule has 2 aromatic rings. The summed E-state index contributed by atoms with van der Waals surface area (Å²) in [4.78, 5) is 0. The molecule has 0 aliphatic heterocycles. The molecule has 1 aromatic carbocycles. The highest BCUT2D eigenvalue weighted by Crippen LogP contribution is 2.31. The van der Waals surface area contributed by atoms with Crippen molar-refractivity contribution in [3.63, 3.8) is 0 Å². The number of nitrogens with one attached hydrogen (secondary N) is 1. The van der Waals surface area contributed by atoms with E-state index in [1.165, 1.54) is 0 Å². The molecule has 0 aliphatic rings. The lowest BCUT2D eigenvalue weighted by molar-refractivity contribution is 0.548. The molecule has 0 radical (unpaired) electrons. The van der Waals surface area contributed by atoms with E-state index in [-0.39, 0.29) is 6.04 Å². The van der Waals surface area contributed by atoms with E-state index in [0.717, 1.165) is 40.4 Å². The van der Waals surface area contributed by atoms with E-state index in [1.54, 1.807) is 4.68 Å². The van der Waals surface area contributed by atoms with Crippen molar-refractivity contribution in [2.75, 3.05) is 6.54 Å². The third kappa shape index (κ3) is 3.42. The Bertz CT molecular complexity index is 635. The Labute approximate surface area is 136 Å². The Hall–Kier alpha value is -1.03. The minimum Gasteiger partial charge on any atom is -0.310 e. The van der Waals surface area contributed by atoms with Gasteiger partial charge in [-0.3, -0.25) is 4.68 Å². The molecule has 1 atom stereocenters. The zero-order chi connectivity index (χ0) is 15.6. The van der Waals surface area contributed by atoms with Gasteiger partial charge in [-0.05, 0) is 37.9 Å². The lowest BCUT2D eigenvalue weighted by atomic mass is 9.97. The first-order valence-corrected chi connectivity index (χ1v) is 7.87. The van der Waals surface area contributed by atoms with Gasteiger partial charge in [-0.2, -0.15) is 5.10 Å². The van der Waals surface area contributed by atoms with Crippen LogP contribution >= 0.6 is 23.2 Å². The van der Waals surface area contributed by atoms with E-state index in [9.17, 15) is 0 Å². The van der Waals surface area contributed by atoms with E-state index < -0.39 is 0 Å². The average molecular weight is 326 g/mol. The maximum absolute atomic E-state index is 6.48. The van der Waals surface area contributed by atoms with Crippen LogP contribution < -0.4 is 5.32 Å². The minimum absolute atomic E-state index is 0.128. The molecule has 5 heteroatoms. The van der Waals surface area contributed by atoms with Gasteiger partial charge in [0.15, 0.2) is 0 Å². The number of halogens is 2. The van der Waals surface area contributed by atoms with Crippen molar-refractivity contribution >= 4 is 23.2 Å². The van der Waals surface area contributed by atoms with Crippen molar-refractivity contribution < 1.29 is 0 Å². The van der Waals surface area contributed by atoms with Gasteiger partial charge >= 0.3 is 0 Å². The molecular weight excluding hydrogens is 305 g/mol. The van der Waals surface area contributed by atoms with Gasteiger partial charge in [-0.1, -0.05) is 48.3 Å². The van der Waals surface area contributed by atoms with Crippen LogP contribution in [0.1, 0.15) is 35.3 Å². The zero-order valence-corrected chi connectivity index (χ0v) is 14.4. The number of hydrogen-bond donors (Lipinski definition) is 1. The summed E-state index contributed by atoms with van der Waals surface area (Å²) >= 11 is 12.8. The van der Waals surface area contributed by atoms with Crippen molar-refractivity contribution in [3.05, 3.63) is 50.8 Å². The van der Waals surface area contributed by atoms with Gasteiger partial charge in [0.1, 0.15) is 5.15 Å². The summed E-state index contributed by atoms with van der Waals surface area (Å²) in [5.41, 5.74) is 4.24. The fourth-order valence-corrected chi connectivity index (χ4v) is 3.10. The van der Waals surface area contributed by atoms with Crippen LogP contribution in [0.2, 0.25) is 10.2 Å². The second-order valence-corrected chi connectivity index (χ2v) is 6.01. The van der Waals surface area contributed by atoms with Crippen LogP contribution in [-0.4, -0.2) is 16.3 Å². The van der Waals surface area contributed by atoms with Crippen LogP contribution in [0.25, 0.3) is 0 Å². The molecule has 0 saturated carbocycles. The summed E-state index contributed by atoms with van der Waals surface area (Å²) in [5.74, 6) is 0. The predicted molar refractivity (Wildman–Crippen MR) is 89.3 cm³/mol. The van der Waals surface area contributed by atoms with Gasteiger partial charge in [-0.15, -0.1) is 0 Å². The van der Waals surface area contributed by atoms with Crippen LogP contribution in [0.3, 0.4) is 0 Å². The topological polar surface area (TPSA) is 29.9 Å². The SMILES string of the molecule is CCNC(Cc1c(C)nn(C)c1Cl)c1cccc(C)c1Cl. The maximum atomic E-state index is 6.48. The lowest BCUT2D eigenvalue weighted by Crippen LogP contribution is -2.23. The summed E-state index contributed by atoms with van der Waals surface area (Å²) in [5, 5.41) is 9.39. The van der Waals surface area contributed by atoms with Crippen LogP contribution in [0.15, 0.2) is 18.2 Å². The first kappa shape index (κ1) is 16.3. The van der Waals surface area contributed by atoms with Gasteiger partial charge in [-0.25, -0.2) is 0 Å². The smallest absolute Gasteiger partial charge is 0.130 e. The number of nitrogens with zero attached hydrogens (tertiary/aromatic N) is 2. The van der Waals surface area contributed by atoms with Crippen LogP contribution in [0.5, 0.6) is 0 Å². The number of benzene rings is 1. The molecule has 2 rings (SSSR count). The summed E-state index contributed by atoms with van der Waals surface area (Å²) in [6, 6.07) is 6.26. The zero-order valence-electron chi connectivity index (χ0n) is 12.9. The molecule has 0 bridgehead atoms. The number of aromatic nitrogens is 2. The Kier molecular flexibility index (Phi) is 5.31. The van der Waals surface area contributed by atoms with Crippen LogP contribution in [0, 0.1) is 13.8 Å². The number of hydrogen-bond acceptors (Lipinski definition) is 2. The molecule has 3 nitrogen and oxygen atoms in total. The fourth-order valence-electron chi connectivity index (χ4n) is 2.59. The molecule has 1 N–H and O–H groups in total. The summed E-state index contributed by atoms with van der Waals surface area (Å²) in [6.07, 6.45) is 0.773. The van der Waals surface area contributed by atoms with Crippen molar-refractivity contribution in [1.82, 2.24) is 15.1 Å². The maximum Gasteiger partial charge on any atom is 0.130 e. The van der Waals surface area contributed by atoms with Gasteiger partial charge in [0.05, 0.1) is 5.69 Å². The van der Waals surface area contributed by atoms with Gasteiger partial charge < -0.3 is 5.32 Å². The van der Waals surface area contributed by atoms with E-state index in [0.29, 0.717) is 5.15 Å². The molecule has 0 spiro atoms. The molecule has 1 heterocycles. The van der Waals surface area contributed by atoms with E-state index in [4.69, 9.17) is 23.2 Å². The molecular formula is C16H21Cl2N3. The summed E-state index contributed by atoms with van der Waals surface area (Å²) in [6.45, 7) is 6.97. The van der Waals surface area contributed by atoms with Crippen molar-refractivity contribution in [3.8, 4) is 0 Å². The normalized spacial score (nSPS) is 12.7. The highest BCUT2D eigenvalue weighted by Gasteiger charge is 2.20. The van der Waals surface area contributed by atoms with Crippen LogP contribution in [0.4, 0.5) is 0 Å². The Morgan fingerprint density at radius 3 is 2.57 bits per heavy atom. The second kappa shape index (κ2) is 6.82. The molecule has 0 amide bonds. The fraction of sp³-hybridized carbons (Fsp3) is 0.438. The van der Waals surface area contributed by atoms with Crippen LogP contribution in [-0.2, 0) is 13.5 Å². The first-order valence-electron chi connectivity index (χ1n) is 7.12. The monoisotopic (exact) mass is 325 g/mol.